The molecule has 2 heteroatoms. The molecule has 0 radical (unpaired) electrons. The Balaban J connectivity index is 2.45. The summed E-state index contributed by atoms with van der Waals surface area (Å²) in [6.07, 6.45) is 5.46. The zero-order chi connectivity index (χ0) is 12.4. The number of hydrogen-bond donors (Lipinski definition) is 1. The number of nitrogens with two attached hydrogens (primary N) is 1. The van der Waals surface area contributed by atoms with Crippen LogP contribution in [0.1, 0.15) is 31.4 Å². The lowest BCUT2D eigenvalue weighted by molar-refractivity contribution is 0.667. The first-order chi connectivity index (χ1) is 8.13. The van der Waals surface area contributed by atoms with E-state index in [1.54, 1.807) is 0 Å². The van der Waals surface area contributed by atoms with Crippen molar-refractivity contribution < 1.29 is 0 Å². The van der Waals surface area contributed by atoms with Gasteiger partial charge in [0.2, 0.25) is 0 Å². The third-order valence-electron chi connectivity index (χ3n) is 3.42. The van der Waals surface area contributed by atoms with Gasteiger partial charge in [0, 0.05) is 24.7 Å². The van der Waals surface area contributed by atoms with Crippen molar-refractivity contribution in [3.63, 3.8) is 0 Å². The van der Waals surface area contributed by atoms with Gasteiger partial charge in [-0.15, -0.1) is 0 Å². The Bertz CT molecular complexity index is 509. The number of para-hydroxylation sites is 1. The van der Waals surface area contributed by atoms with E-state index in [1.165, 1.54) is 22.0 Å². The fourth-order valence-corrected chi connectivity index (χ4v) is 2.50. The predicted octanol–water partition coefficient (Wildman–Crippen LogP) is 3.02. The molecule has 2 nitrogen and oxygen atoms in total. The van der Waals surface area contributed by atoms with Crippen LogP contribution in [-0.2, 0) is 19.9 Å². The number of hydrogen-bond acceptors (Lipinski definition) is 1. The molecule has 0 fully saturated rings. The molecule has 0 aliphatic heterocycles. The van der Waals surface area contributed by atoms with Crippen molar-refractivity contribution in [3.05, 3.63) is 35.5 Å². The molecule has 0 spiro atoms. The summed E-state index contributed by atoms with van der Waals surface area (Å²) in [5.74, 6) is 0. The number of rotatable bonds is 4. The van der Waals surface area contributed by atoms with Crippen LogP contribution >= 0.6 is 0 Å². The van der Waals surface area contributed by atoms with E-state index in [9.17, 15) is 0 Å². The molecule has 0 saturated heterocycles. The van der Waals surface area contributed by atoms with Gasteiger partial charge in [0.25, 0.3) is 0 Å². The SMILES string of the molecule is CCc1cccc2c(CCC(C)N)cn(C)c12. The molecule has 0 saturated carbocycles. The van der Waals surface area contributed by atoms with E-state index in [2.05, 4.69) is 49.9 Å². The summed E-state index contributed by atoms with van der Waals surface area (Å²) in [7, 11) is 2.14. The quantitative estimate of drug-likeness (QED) is 0.860. The van der Waals surface area contributed by atoms with Crippen LogP contribution in [-0.4, -0.2) is 10.6 Å². The number of fused-ring (bicyclic) bond motifs is 1. The van der Waals surface area contributed by atoms with Crippen LogP contribution in [0.4, 0.5) is 0 Å². The predicted molar refractivity (Wildman–Crippen MR) is 74.3 cm³/mol. The minimum atomic E-state index is 0.277. The first-order valence-electron chi connectivity index (χ1n) is 6.44. The van der Waals surface area contributed by atoms with Gasteiger partial charge in [-0.3, -0.25) is 0 Å². The molecule has 1 heterocycles. The molecule has 0 amide bonds. The monoisotopic (exact) mass is 230 g/mol. The van der Waals surface area contributed by atoms with Gasteiger partial charge in [-0.2, -0.15) is 0 Å². The van der Waals surface area contributed by atoms with Gasteiger partial charge in [-0.25, -0.2) is 0 Å². The molecule has 1 aromatic carbocycles. The second-order valence-electron chi connectivity index (χ2n) is 4.95. The minimum Gasteiger partial charge on any atom is -0.350 e. The normalized spacial score (nSPS) is 13.2. The zero-order valence-electron chi connectivity index (χ0n) is 11.0. The van der Waals surface area contributed by atoms with Crippen LogP contribution in [0.5, 0.6) is 0 Å². The van der Waals surface area contributed by atoms with Gasteiger partial charge in [-0.1, -0.05) is 25.1 Å². The summed E-state index contributed by atoms with van der Waals surface area (Å²) in [4.78, 5) is 0. The Hall–Kier alpha value is -1.28. The lowest BCUT2D eigenvalue weighted by Gasteiger charge is -2.04. The second-order valence-corrected chi connectivity index (χ2v) is 4.95. The van der Waals surface area contributed by atoms with Crippen molar-refractivity contribution in [2.45, 2.75) is 39.2 Å². The highest BCUT2D eigenvalue weighted by atomic mass is 14.9. The molecular weight excluding hydrogens is 208 g/mol. The van der Waals surface area contributed by atoms with Crippen molar-refractivity contribution in [2.75, 3.05) is 0 Å². The van der Waals surface area contributed by atoms with E-state index in [0.29, 0.717) is 0 Å². The molecule has 2 aromatic rings. The number of benzene rings is 1. The number of nitrogens with zero attached hydrogens (tertiary/aromatic N) is 1. The van der Waals surface area contributed by atoms with Crippen molar-refractivity contribution in [3.8, 4) is 0 Å². The van der Waals surface area contributed by atoms with Crippen LogP contribution in [0, 0.1) is 0 Å². The highest BCUT2D eigenvalue weighted by molar-refractivity contribution is 5.86. The molecule has 1 unspecified atom stereocenters. The van der Waals surface area contributed by atoms with Crippen LogP contribution in [0.2, 0.25) is 0 Å². The maximum absolute atomic E-state index is 5.84. The Labute approximate surface area is 103 Å². The van der Waals surface area contributed by atoms with Crippen LogP contribution in [0.25, 0.3) is 10.9 Å². The van der Waals surface area contributed by atoms with Crippen LogP contribution in [0.3, 0.4) is 0 Å². The van der Waals surface area contributed by atoms with Gasteiger partial charge >= 0.3 is 0 Å². The zero-order valence-corrected chi connectivity index (χ0v) is 11.0. The van der Waals surface area contributed by atoms with E-state index in [-0.39, 0.29) is 6.04 Å². The molecular formula is C15H22N2. The molecule has 92 valence electrons. The van der Waals surface area contributed by atoms with E-state index < -0.39 is 0 Å². The van der Waals surface area contributed by atoms with Crippen LogP contribution < -0.4 is 5.73 Å². The van der Waals surface area contributed by atoms with Gasteiger partial charge in [0.1, 0.15) is 0 Å². The molecule has 2 rings (SSSR count). The fraction of sp³-hybridized carbons (Fsp3) is 0.467. The van der Waals surface area contributed by atoms with Gasteiger partial charge < -0.3 is 10.3 Å². The first kappa shape index (κ1) is 12.2. The second kappa shape index (κ2) is 4.92. The number of aryl methyl sites for hydroxylation is 3. The third-order valence-corrected chi connectivity index (χ3v) is 3.42. The standard InChI is InChI=1S/C15H22N2/c1-4-12-6-5-7-14-13(9-8-11(2)16)10-17(3)15(12)14/h5-7,10-11H,4,8-9,16H2,1-3H3. The highest BCUT2D eigenvalue weighted by Gasteiger charge is 2.09. The number of aromatic nitrogens is 1. The summed E-state index contributed by atoms with van der Waals surface area (Å²) in [6.45, 7) is 4.28. The third kappa shape index (κ3) is 2.37. The molecule has 1 atom stereocenters. The maximum atomic E-state index is 5.84. The Kier molecular flexibility index (Phi) is 3.53. The van der Waals surface area contributed by atoms with Crippen LogP contribution in [0.15, 0.2) is 24.4 Å². The Morgan fingerprint density at radius 3 is 2.71 bits per heavy atom. The summed E-state index contributed by atoms with van der Waals surface area (Å²) >= 11 is 0. The molecule has 0 aliphatic rings. The Morgan fingerprint density at radius 2 is 2.06 bits per heavy atom. The molecule has 2 N–H and O–H groups in total. The molecule has 0 aliphatic carbocycles. The average molecular weight is 230 g/mol. The van der Waals surface area contributed by atoms with E-state index in [1.807, 2.05) is 0 Å². The minimum absolute atomic E-state index is 0.277. The summed E-state index contributed by atoms with van der Waals surface area (Å²) in [5.41, 5.74) is 10.1. The van der Waals surface area contributed by atoms with E-state index in [0.717, 1.165) is 19.3 Å². The van der Waals surface area contributed by atoms with Crippen molar-refractivity contribution in [2.24, 2.45) is 12.8 Å². The molecule has 1 aromatic heterocycles. The lowest BCUT2D eigenvalue weighted by atomic mass is 10.0. The van der Waals surface area contributed by atoms with Crippen molar-refractivity contribution in [1.29, 1.82) is 0 Å². The average Bonchev–Trinajstić information content (AvgIpc) is 2.64. The van der Waals surface area contributed by atoms with Gasteiger partial charge in [0.15, 0.2) is 0 Å². The van der Waals surface area contributed by atoms with E-state index >= 15 is 0 Å². The molecule has 0 bridgehead atoms. The molecule has 17 heavy (non-hydrogen) atoms. The van der Waals surface area contributed by atoms with Gasteiger partial charge in [-0.05, 0) is 37.3 Å². The highest BCUT2D eigenvalue weighted by Crippen LogP contribution is 2.25. The summed E-state index contributed by atoms with van der Waals surface area (Å²) in [6, 6.07) is 6.89. The summed E-state index contributed by atoms with van der Waals surface area (Å²) < 4.78 is 2.25. The van der Waals surface area contributed by atoms with Gasteiger partial charge in [0.05, 0.1) is 5.52 Å². The smallest absolute Gasteiger partial charge is 0.0512 e. The van der Waals surface area contributed by atoms with Crippen molar-refractivity contribution in [1.82, 2.24) is 4.57 Å². The fourth-order valence-electron chi connectivity index (χ4n) is 2.50. The Morgan fingerprint density at radius 1 is 1.29 bits per heavy atom. The lowest BCUT2D eigenvalue weighted by Crippen LogP contribution is -2.15. The largest absolute Gasteiger partial charge is 0.350 e. The maximum Gasteiger partial charge on any atom is 0.0512 e. The van der Waals surface area contributed by atoms with Crippen molar-refractivity contribution >= 4 is 10.9 Å². The van der Waals surface area contributed by atoms with E-state index in [4.69, 9.17) is 5.73 Å². The first-order valence-corrected chi connectivity index (χ1v) is 6.44. The topological polar surface area (TPSA) is 30.9 Å². The summed E-state index contributed by atoms with van der Waals surface area (Å²) in [5, 5.41) is 1.40.